The molecule has 4 N–H and O–H groups in total. The van der Waals surface area contributed by atoms with Crippen LogP contribution in [0.3, 0.4) is 0 Å². The lowest BCUT2D eigenvalue weighted by atomic mass is 9.76. The monoisotopic (exact) mass is 274 g/mol. The molecular formula is C15H18N2O3. The van der Waals surface area contributed by atoms with Gasteiger partial charge in [0.15, 0.2) is 0 Å². The van der Waals surface area contributed by atoms with Crippen LogP contribution in [-0.2, 0) is 15.0 Å². The summed E-state index contributed by atoms with van der Waals surface area (Å²) in [6.45, 7) is 0. The van der Waals surface area contributed by atoms with Gasteiger partial charge in [-0.2, -0.15) is 0 Å². The molecule has 0 atom stereocenters. The predicted molar refractivity (Wildman–Crippen MR) is 74.1 cm³/mol. The smallest absolute Gasteiger partial charge is 0.329 e. The van der Waals surface area contributed by atoms with Gasteiger partial charge >= 0.3 is 5.97 Å². The molecule has 0 aliphatic heterocycles. The molecule has 2 fully saturated rings. The Labute approximate surface area is 117 Å². The van der Waals surface area contributed by atoms with Gasteiger partial charge in [0.1, 0.15) is 5.54 Å². The van der Waals surface area contributed by atoms with E-state index in [2.05, 4.69) is 5.32 Å². The van der Waals surface area contributed by atoms with Crippen molar-refractivity contribution >= 4 is 17.6 Å². The number of carboxylic acids is 1. The molecule has 0 unspecified atom stereocenters. The number of carbonyl (C=O) groups is 2. The molecule has 0 bridgehead atoms. The number of rotatable bonds is 4. The summed E-state index contributed by atoms with van der Waals surface area (Å²) in [6.07, 6.45) is 3.41. The Morgan fingerprint density at radius 3 is 2.10 bits per heavy atom. The highest BCUT2D eigenvalue weighted by Crippen LogP contribution is 2.49. The molecule has 0 aromatic heterocycles. The largest absolute Gasteiger partial charge is 0.480 e. The molecule has 5 nitrogen and oxygen atoms in total. The highest BCUT2D eigenvalue weighted by atomic mass is 16.4. The number of aliphatic carboxylic acids is 1. The van der Waals surface area contributed by atoms with Crippen LogP contribution < -0.4 is 11.1 Å². The second kappa shape index (κ2) is 4.23. The Kier molecular flexibility index (Phi) is 2.74. The molecule has 2 aliphatic carbocycles. The molecule has 20 heavy (non-hydrogen) atoms. The van der Waals surface area contributed by atoms with Crippen molar-refractivity contribution in [2.24, 2.45) is 0 Å². The SMILES string of the molecule is Nc1ccc(C2(C(=O)NC3(C(=O)O)CCC3)CC2)cc1. The topological polar surface area (TPSA) is 92.4 Å². The van der Waals surface area contributed by atoms with E-state index >= 15 is 0 Å². The number of carbonyl (C=O) groups excluding carboxylic acids is 1. The zero-order valence-electron chi connectivity index (χ0n) is 11.2. The maximum Gasteiger partial charge on any atom is 0.329 e. The highest BCUT2D eigenvalue weighted by molar-refractivity contribution is 5.95. The van der Waals surface area contributed by atoms with Crippen molar-refractivity contribution in [1.82, 2.24) is 5.32 Å². The van der Waals surface area contributed by atoms with Gasteiger partial charge < -0.3 is 16.2 Å². The van der Waals surface area contributed by atoms with Crippen LogP contribution in [-0.4, -0.2) is 22.5 Å². The van der Waals surface area contributed by atoms with Gasteiger partial charge in [0.2, 0.25) is 5.91 Å². The molecule has 0 heterocycles. The Hall–Kier alpha value is -2.04. The number of nitrogens with one attached hydrogen (secondary N) is 1. The Balaban J connectivity index is 1.80. The van der Waals surface area contributed by atoms with Gasteiger partial charge in [-0.3, -0.25) is 4.79 Å². The first kappa shape index (κ1) is 13.0. The molecule has 0 radical (unpaired) electrons. The van der Waals surface area contributed by atoms with E-state index in [0.29, 0.717) is 18.5 Å². The standard InChI is InChI=1S/C15H18N2O3/c16-11-4-2-10(3-5-11)14(8-9-14)12(18)17-15(13(19)20)6-1-7-15/h2-5H,1,6-9,16H2,(H,17,18)(H,19,20). The number of hydrogen-bond acceptors (Lipinski definition) is 3. The number of amides is 1. The van der Waals surface area contributed by atoms with Crippen molar-refractivity contribution in [3.05, 3.63) is 29.8 Å². The zero-order valence-corrected chi connectivity index (χ0v) is 11.2. The molecule has 1 amide bonds. The summed E-state index contributed by atoms with van der Waals surface area (Å²) in [6, 6.07) is 7.27. The van der Waals surface area contributed by atoms with Crippen LogP contribution in [0.2, 0.25) is 0 Å². The maximum atomic E-state index is 12.5. The number of anilines is 1. The van der Waals surface area contributed by atoms with Crippen molar-refractivity contribution in [2.75, 3.05) is 5.73 Å². The fraction of sp³-hybridized carbons (Fsp3) is 0.467. The molecule has 106 valence electrons. The maximum absolute atomic E-state index is 12.5. The van der Waals surface area contributed by atoms with Crippen molar-refractivity contribution in [2.45, 2.75) is 43.1 Å². The quantitative estimate of drug-likeness (QED) is 0.724. The predicted octanol–water partition coefficient (Wildman–Crippen LogP) is 1.42. The average molecular weight is 274 g/mol. The molecule has 3 rings (SSSR count). The molecule has 2 saturated carbocycles. The van der Waals surface area contributed by atoms with E-state index in [1.54, 1.807) is 12.1 Å². The number of nitrogens with two attached hydrogens (primary N) is 1. The van der Waals surface area contributed by atoms with Gasteiger partial charge in [0.25, 0.3) is 0 Å². The van der Waals surface area contributed by atoms with E-state index in [0.717, 1.165) is 24.8 Å². The number of benzene rings is 1. The first-order valence-corrected chi connectivity index (χ1v) is 6.91. The minimum Gasteiger partial charge on any atom is -0.480 e. The third kappa shape index (κ3) is 1.85. The summed E-state index contributed by atoms with van der Waals surface area (Å²) in [5.74, 6) is -1.09. The van der Waals surface area contributed by atoms with Crippen LogP contribution in [0.4, 0.5) is 5.69 Å². The first-order valence-electron chi connectivity index (χ1n) is 6.91. The average Bonchev–Trinajstić information content (AvgIpc) is 3.15. The fourth-order valence-corrected chi connectivity index (χ4v) is 2.83. The van der Waals surface area contributed by atoms with Crippen LogP contribution in [0.5, 0.6) is 0 Å². The number of carboxylic acid groups (broad SMARTS) is 1. The zero-order chi connectivity index (χ0) is 14.4. The minimum atomic E-state index is -1.04. The van der Waals surface area contributed by atoms with Crippen molar-refractivity contribution < 1.29 is 14.7 Å². The van der Waals surface area contributed by atoms with Gasteiger partial charge in [-0.25, -0.2) is 4.79 Å². The van der Waals surface area contributed by atoms with Crippen molar-refractivity contribution in [3.8, 4) is 0 Å². The summed E-state index contributed by atoms with van der Waals surface area (Å²) in [4.78, 5) is 23.9. The molecule has 0 spiro atoms. The van der Waals surface area contributed by atoms with E-state index in [1.165, 1.54) is 0 Å². The second-order valence-corrected chi connectivity index (χ2v) is 5.90. The fourth-order valence-electron chi connectivity index (χ4n) is 2.83. The Bertz CT molecular complexity index is 557. The van der Waals surface area contributed by atoms with E-state index in [-0.39, 0.29) is 5.91 Å². The lowest BCUT2D eigenvalue weighted by Crippen LogP contribution is -2.61. The van der Waals surface area contributed by atoms with Gasteiger partial charge in [0.05, 0.1) is 5.41 Å². The summed E-state index contributed by atoms with van der Waals surface area (Å²) in [5.41, 5.74) is 5.65. The normalized spacial score (nSPS) is 21.6. The summed E-state index contributed by atoms with van der Waals surface area (Å²) in [7, 11) is 0. The molecule has 1 aromatic carbocycles. The third-order valence-electron chi connectivity index (χ3n) is 4.62. The van der Waals surface area contributed by atoms with E-state index < -0.39 is 16.9 Å². The van der Waals surface area contributed by atoms with Crippen molar-refractivity contribution in [3.63, 3.8) is 0 Å². The van der Waals surface area contributed by atoms with Crippen LogP contribution in [0, 0.1) is 0 Å². The third-order valence-corrected chi connectivity index (χ3v) is 4.62. The molecular weight excluding hydrogens is 256 g/mol. The number of nitrogen functional groups attached to an aromatic ring is 1. The lowest BCUT2D eigenvalue weighted by molar-refractivity contribution is -0.152. The summed E-state index contributed by atoms with van der Waals surface area (Å²) in [5, 5.41) is 12.1. The summed E-state index contributed by atoms with van der Waals surface area (Å²) < 4.78 is 0. The van der Waals surface area contributed by atoms with Gasteiger partial charge in [0, 0.05) is 5.69 Å². The Morgan fingerprint density at radius 2 is 1.70 bits per heavy atom. The highest BCUT2D eigenvalue weighted by Gasteiger charge is 2.55. The second-order valence-electron chi connectivity index (χ2n) is 5.90. The van der Waals surface area contributed by atoms with Crippen LogP contribution in [0.1, 0.15) is 37.7 Å². The van der Waals surface area contributed by atoms with E-state index in [9.17, 15) is 14.7 Å². The summed E-state index contributed by atoms with van der Waals surface area (Å²) >= 11 is 0. The van der Waals surface area contributed by atoms with Gasteiger partial charge in [-0.1, -0.05) is 12.1 Å². The van der Waals surface area contributed by atoms with Gasteiger partial charge in [-0.05, 0) is 49.8 Å². The van der Waals surface area contributed by atoms with E-state index in [4.69, 9.17) is 5.73 Å². The molecule has 5 heteroatoms. The Morgan fingerprint density at radius 1 is 1.10 bits per heavy atom. The van der Waals surface area contributed by atoms with Crippen LogP contribution in [0.25, 0.3) is 0 Å². The van der Waals surface area contributed by atoms with E-state index in [1.807, 2.05) is 12.1 Å². The molecule has 1 aromatic rings. The van der Waals surface area contributed by atoms with Crippen molar-refractivity contribution in [1.29, 1.82) is 0 Å². The van der Waals surface area contributed by atoms with Crippen LogP contribution >= 0.6 is 0 Å². The molecule has 0 saturated heterocycles. The lowest BCUT2D eigenvalue weighted by Gasteiger charge is -2.39. The first-order chi connectivity index (χ1) is 9.48. The molecule has 2 aliphatic rings. The number of hydrogen-bond donors (Lipinski definition) is 3. The minimum absolute atomic E-state index is 0.163. The van der Waals surface area contributed by atoms with Gasteiger partial charge in [-0.15, -0.1) is 0 Å². The van der Waals surface area contributed by atoms with Crippen LogP contribution in [0.15, 0.2) is 24.3 Å².